The molecule has 0 aromatic heterocycles. The lowest BCUT2D eigenvalue weighted by Gasteiger charge is -2.18. The van der Waals surface area contributed by atoms with Crippen molar-refractivity contribution < 1.29 is 14.3 Å². The number of fused-ring (bicyclic) bond motifs is 1. The maximum absolute atomic E-state index is 11.5. The summed E-state index contributed by atoms with van der Waals surface area (Å²) in [5.74, 6) is -0.366. The van der Waals surface area contributed by atoms with Gasteiger partial charge >= 0.3 is 5.97 Å². The summed E-state index contributed by atoms with van der Waals surface area (Å²) in [4.78, 5) is 22.7. The van der Waals surface area contributed by atoms with Crippen LogP contribution in [-0.4, -0.2) is 18.9 Å². The zero-order chi connectivity index (χ0) is 13.0. The zero-order valence-electron chi connectivity index (χ0n) is 10.6. The van der Waals surface area contributed by atoms with E-state index in [1.54, 1.807) is 6.92 Å². The van der Waals surface area contributed by atoms with Crippen LogP contribution in [0.25, 0.3) is 0 Å². The molecule has 0 saturated carbocycles. The molecule has 3 heteroatoms. The van der Waals surface area contributed by atoms with Gasteiger partial charge in [0.15, 0.2) is 0 Å². The lowest BCUT2D eigenvalue weighted by Crippen LogP contribution is -2.18. The minimum Gasteiger partial charge on any atom is -0.466 e. The first-order valence-corrected chi connectivity index (χ1v) is 6.45. The molecule has 0 amide bonds. The van der Waals surface area contributed by atoms with Crippen LogP contribution in [0.1, 0.15) is 36.8 Å². The normalized spacial score (nSPS) is 19.1. The van der Waals surface area contributed by atoms with Crippen LogP contribution < -0.4 is 0 Å². The second kappa shape index (κ2) is 5.80. The number of hydrogen-bond donors (Lipinski definition) is 0. The Morgan fingerprint density at radius 1 is 1.50 bits per heavy atom. The molecule has 0 heterocycles. The highest BCUT2D eigenvalue weighted by Gasteiger charge is 2.30. The fraction of sp³-hybridized carbons (Fsp3) is 0.467. The summed E-state index contributed by atoms with van der Waals surface area (Å²) in [7, 11) is 0. The molecule has 0 bridgehead atoms. The largest absolute Gasteiger partial charge is 0.466 e. The average Bonchev–Trinajstić information content (AvgIpc) is 2.80. The van der Waals surface area contributed by atoms with Crippen molar-refractivity contribution in [3.8, 4) is 0 Å². The first-order chi connectivity index (χ1) is 8.76. The summed E-state index contributed by atoms with van der Waals surface area (Å²) in [6.07, 6.45) is 3.04. The molecule has 0 radical (unpaired) electrons. The number of aldehydes is 1. The van der Waals surface area contributed by atoms with E-state index in [1.165, 1.54) is 11.1 Å². The summed E-state index contributed by atoms with van der Waals surface area (Å²) < 4.78 is 4.92. The topological polar surface area (TPSA) is 43.4 Å². The van der Waals surface area contributed by atoms with Crippen molar-refractivity contribution in [1.29, 1.82) is 0 Å². The minimum atomic E-state index is -0.279. The van der Waals surface area contributed by atoms with E-state index in [0.717, 1.165) is 19.1 Å². The van der Waals surface area contributed by atoms with E-state index in [0.29, 0.717) is 6.61 Å². The predicted molar refractivity (Wildman–Crippen MR) is 68.3 cm³/mol. The Labute approximate surface area is 107 Å². The van der Waals surface area contributed by atoms with E-state index in [2.05, 4.69) is 12.1 Å². The quantitative estimate of drug-likeness (QED) is 0.592. The molecule has 18 heavy (non-hydrogen) atoms. The molecule has 0 fully saturated rings. The van der Waals surface area contributed by atoms with Gasteiger partial charge in [-0.1, -0.05) is 24.3 Å². The highest BCUT2D eigenvalue weighted by Crippen LogP contribution is 2.38. The number of aryl methyl sites for hydroxylation is 1. The Morgan fingerprint density at radius 3 is 3.00 bits per heavy atom. The Kier molecular flexibility index (Phi) is 4.13. The van der Waals surface area contributed by atoms with Crippen LogP contribution >= 0.6 is 0 Å². The van der Waals surface area contributed by atoms with Gasteiger partial charge in [-0.3, -0.25) is 4.79 Å². The smallest absolute Gasteiger partial charge is 0.306 e. The lowest BCUT2D eigenvalue weighted by molar-refractivity contribution is -0.145. The maximum atomic E-state index is 11.5. The average molecular weight is 246 g/mol. The zero-order valence-corrected chi connectivity index (χ0v) is 10.6. The van der Waals surface area contributed by atoms with Gasteiger partial charge in [-0.2, -0.15) is 0 Å². The van der Waals surface area contributed by atoms with E-state index in [-0.39, 0.29) is 24.2 Å². The van der Waals surface area contributed by atoms with Gasteiger partial charge in [0.05, 0.1) is 13.0 Å². The van der Waals surface area contributed by atoms with Gasteiger partial charge in [0.1, 0.15) is 6.29 Å². The number of ether oxygens (including phenoxy) is 1. The van der Waals surface area contributed by atoms with Crippen molar-refractivity contribution in [2.24, 2.45) is 5.92 Å². The molecule has 2 atom stereocenters. The van der Waals surface area contributed by atoms with Crippen LogP contribution in [0.5, 0.6) is 0 Å². The van der Waals surface area contributed by atoms with Crippen molar-refractivity contribution in [2.75, 3.05) is 6.61 Å². The number of hydrogen-bond acceptors (Lipinski definition) is 3. The van der Waals surface area contributed by atoms with Crippen LogP contribution in [-0.2, 0) is 20.7 Å². The van der Waals surface area contributed by atoms with Gasteiger partial charge in [0.2, 0.25) is 0 Å². The third-order valence-corrected chi connectivity index (χ3v) is 3.58. The minimum absolute atomic E-state index is 0.170. The highest BCUT2D eigenvalue weighted by molar-refractivity contribution is 5.74. The highest BCUT2D eigenvalue weighted by atomic mass is 16.5. The monoisotopic (exact) mass is 246 g/mol. The summed E-state index contributed by atoms with van der Waals surface area (Å²) in [6, 6.07) is 8.17. The molecular formula is C15H18O3. The standard InChI is InChI=1S/C15H18O3/c1-2-18-15(17)9-12(10-16)14-8-7-11-5-3-4-6-13(11)14/h3-6,10,12,14H,2,7-9H2,1H3. The van der Waals surface area contributed by atoms with Crippen molar-refractivity contribution in [3.05, 3.63) is 35.4 Å². The SMILES string of the molecule is CCOC(=O)CC(C=O)C1CCc2ccccc21. The number of rotatable bonds is 5. The molecule has 96 valence electrons. The molecule has 1 aromatic carbocycles. The number of benzene rings is 1. The first kappa shape index (κ1) is 12.8. The molecule has 1 aliphatic rings. The Hall–Kier alpha value is -1.64. The lowest BCUT2D eigenvalue weighted by atomic mass is 9.86. The molecule has 0 aliphatic heterocycles. The summed E-state index contributed by atoms with van der Waals surface area (Å²) in [6.45, 7) is 2.14. The summed E-state index contributed by atoms with van der Waals surface area (Å²) in [5.41, 5.74) is 2.53. The Morgan fingerprint density at radius 2 is 2.28 bits per heavy atom. The maximum Gasteiger partial charge on any atom is 0.306 e. The molecule has 2 unspecified atom stereocenters. The van der Waals surface area contributed by atoms with Gasteiger partial charge in [-0.25, -0.2) is 0 Å². The van der Waals surface area contributed by atoms with Crippen LogP contribution in [0.2, 0.25) is 0 Å². The van der Waals surface area contributed by atoms with Crippen LogP contribution in [0.3, 0.4) is 0 Å². The molecule has 0 N–H and O–H groups in total. The third kappa shape index (κ3) is 2.61. The summed E-state index contributed by atoms with van der Waals surface area (Å²) in [5, 5.41) is 0. The number of esters is 1. The van der Waals surface area contributed by atoms with Gasteiger partial charge in [0.25, 0.3) is 0 Å². The molecule has 2 rings (SSSR count). The molecule has 1 aromatic rings. The Balaban J connectivity index is 2.10. The molecule has 3 nitrogen and oxygen atoms in total. The van der Waals surface area contributed by atoms with Gasteiger partial charge in [-0.05, 0) is 36.8 Å². The van der Waals surface area contributed by atoms with E-state index in [1.807, 2.05) is 12.1 Å². The van der Waals surface area contributed by atoms with Crippen molar-refractivity contribution in [1.82, 2.24) is 0 Å². The van der Waals surface area contributed by atoms with E-state index in [9.17, 15) is 9.59 Å². The fourth-order valence-electron chi connectivity index (χ4n) is 2.73. The molecule has 0 spiro atoms. The fourth-order valence-corrected chi connectivity index (χ4v) is 2.73. The number of carbonyl (C=O) groups excluding carboxylic acids is 2. The van der Waals surface area contributed by atoms with E-state index < -0.39 is 0 Å². The van der Waals surface area contributed by atoms with E-state index in [4.69, 9.17) is 4.74 Å². The number of carbonyl (C=O) groups is 2. The van der Waals surface area contributed by atoms with Crippen LogP contribution in [0.4, 0.5) is 0 Å². The second-order valence-corrected chi connectivity index (χ2v) is 4.65. The molecular weight excluding hydrogens is 228 g/mol. The van der Waals surface area contributed by atoms with Crippen LogP contribution in [0, 0.1) is 5.92 Å². The Bertz CT molecular complexity index is 439. The van der Waals surface area contributed by atoms with Crippen LogP contribution in [0.15, 0.2) is 24.3 Å². The van der Waals surface area contributed by atoms with E-state index >= 15 is 0 Å². The second-order valence-electron chi connectivity index (χ2n) is 4.65. The molecule has 0 saturated heterocycles. The predicted octanol–water partition coefficient (Wildman–Crippen LogP) is 2.48. The van der Waals surface area contributed by atoms with Crippen molar-refractivity contribution >= 4 is 12.3 Å². The van der Waals surface area contributed by atoms with Gasteiger partial charge < -0.3 is 9.53 Å². The summed E-state index contributed by atoms with van der Waals surface area (Å²) >= 11 is 0. The van der Waals surface area contributed by atoms with Crippen molar-refractivity contribution in [2.45, 2.75) is 32.1 Å². The van der Waals surface area contributed by atoms with Gasteiger partial charge in [0, 0.05) is 5.92 Å². The third-order valence-electron chi connectivity index (χ3n) is 3.58. The van der Waals surface area contributed by atoms with Gasteiger partial charge in [-0.15, -0.1) is 0 Å². The first-order valence-electron chi connectivity index (χ1n) is 6.45. The molecule has 1 aliphatic carbocycles. The van der Waals surface area contributed by atoms with Crippen molar-refractivity contribution in [3.63, 3.8) is 0 Å².